The number of carbonyl (C=O) groups excluding carboxylic acids is 1. The molecule has 0 fully saturated rings. The van der Waals surface area contributed by atoms with Gasteiger partial charge in [0, 0.05) is 25.0 Å². The summed E-state index contributed by atoms with van der Waals surface area (Å²) >= 11 is 5.45. The van der Waals surface area contributed by atoms with Crippen molar-refractivity contribution in [3.05, 3.63) is 46.7 Å². The Morgan fingerprint density at radius 3 is 2.41 bits per heavy atom. The fourth-order valence-corrected chi connectivity index (χ4v) is 4.35. The van der Waals surface area contributed by atoms with Gasteiger partial charge in [0.05, 0.1) is 5.02 Å². The Labute approximate surface area is 171 Å². The molecule has 0 spiro atoms. The van der Waals surface area contributed by atoms with Gasteiger partial charge in [-0.2, -0.15) is 17.3 Å². The zero-order valence-corrected chi connectivity index (χ0v) is 17.0. The molecule has 6 nitrogen and oxygen atoms in total. The molecule has 29 heavy (non-hydrogen) atoms. The summed E-state index contributed by atoms with van der Waals surface area (Å²) in [5.41, 5.74) is -0.391. The lowest BCUT2D eigenvalue weighted by Gasteiger charge is -2.14. The van der Waals surface area contributed by atoms with Gasteiger partial charge in [-0.25, -0.2) is 17.2 Å². The van der Waals surface area contributed by atoms with Crippen LogP contribution in [-0.4, -0.2) is 30.3 Å². The number of nitrogens with one attached hydrogen (secondary N) is 2. The number of nitrogens with zero attached hydrogens (tertiary/aromatic N) is 1. The first-order chi connectivity index (χ1) is 13.2. The van der Waals surface area contributed by atoms with Crippen molar-refractivity contribution in [1.29, 1.82) is 0 Å². The molecule has 160 valence electrons. The van der Waals surface area contributed by atoms with E-state index in [9.17, 15) is 35.2 Å². The molecule has 0 saturated carbocycles. The molecule has 1 heterocycles. The number of hydrogen-bond acceptors (Lipinski definition) is 4. The van der Waals surface area contributed by atoms with Crippen LogP contribution in [0, 0.1) is 11.6 Å². The minimum absolute atomic E-state index is 0.0488. The largest absolute Gasteiger partial charge is 0.401 e. The van der Waals surface area contributed by atoms with Crippen molar-refractivity contribution < 1.29 is 35.2 Å². The molecule has 1 atom stereocenters. The van der Waals surface area contributed by atoms with Gasteiger partial charge < -0.3 is 9.88 Å². The molecule has 0 radical (unpaired) electrons. The molecule has 14 heteroatoms. The lowest BCUT2D eigenvalue weighted by atomic mass is 10.3. The van der Waals surface area contributed by atoms with Crippen LogP contribution in [0.15, 0.2) is 29.3 Å². The summed E-state index contributed by atoms with van der Waals surface area (Å²) in [7, 11) is -3.04. The molecule has 0 aliphatic carbocycles. The van der Waals surface area contributed by atoms with Crippen LogP contribution in [-0.2, 0) is 17.1 Å². The van der Waals surface area contributed by atoms with Crippen molar-refractivity contribution in [2.24, 2.45) is 7.05 Å². The van der Waals surface area contributed by atoms with Crippen LogP contribution in [0.2, 0.25) is 5.02 Å². The number of benzene rings is 1. The fraction of sp³-hybridized carbons (Fsp3) is 0.267. The number of alkyl halides is 3. The molecule has 1 amide bonds. The van der Waals surface area contributed by atoms with Gasteiger partial charge in [-0.15, -0.1) is 0 Å². The molecule has 0 saturated heterocycles. The normalized spacial score (nSPS) is 13.4. The van der Waals surface area contributed by atoms with E-state index in [1.165, 1.54) is 7.05 Å². The van der Waals surface area contributed by atoms with E-state index in [0.717, 1.165) is 29.8 Å². The van der Waals surface area contributed by atoms with Gasteiger partial charge in [-0.05, 0) is 19.1 Å². The Balaban J connectivity index is 2.20. The molecule has 0 bridgehead atoms. The van der Waals surface area contributed by atoms with Crippen molar-refractivity contribution in [3.63, 3.8) is 0 Å². The molecule has 1 unspecified atom stereocenters. The van der Waals surface area contributed by atoms with Gasteiger partial charge in [0.25, 0.3) is 15.9 Å². The van der Waals surface area contributed by atoms with Gasteiger partial charge in [-0.1, -0.05) is 23.5 Å². The maximum Gasteiger partial charge on any atom is 0.401 e. The average molecular weight is 478 g/mol. The average Bonchev–Trinajstić information content (AvgIpc) is 2.99. The minimum atomic E-state index is -4.61. The number of halogens is 6. The van der Waals surface area contributed by atoms with E-state index in [4.69, 9.17) is 11.6 Å². The lowest BCUT2D eigenvalue weighted by Crippen LogP contribution is -2.28. The van der Waals surface area contributed by atoms with Crippen LogP contribution >= 0.6 is 23.5 Å². The van der Waals surface area contributed by atoms with Gasteiger partial charge in [-0.3, -0.25) is 4.79 Å². The van der Waals surface area contributed by atoms with Gasteiger partial charge >= 0.3 is 6.18 Å². The molecule has 2 aromatic rings. The highest BCUT2D eigenvalue weighted by atomic mass is 35.5. The summed E-state index contributed by atoms with van der Waals surface area (Å²) < 4.78 is 91.4. The van der Waals surface area contributed by atoms with E-state index in [1.807, 2.05) is 0 Å². The van der Waals surface area contributed by atoms with E-state index >= 15 is 0 Å². The summed E-state index contributed by atoms with van der Waals surface area (Å²) in [6.45, 7) is 0.782. The first-order valence-electron chi connectivity index (χ1n) is 7.59. The number of sulfonamides is 1. The second-order valence-corrected chi connectivity index (χ2v) is 9.26. The Morgan fingerprint density at radius 2 is 1.86 bits per heavy atom. The number of anilines is 1. The number of rotatable bonds is 6. The zero-order valence-electron chi connectivity index (χ0n) is 14.6. The third-order valence-electron chi connectivity index (χ3n) is 3.56. The number of carbonyl (C=O) groups is 1. The third kappa shape index (κ3) is 5.62. The quantitative estimate of drug-likeness (QED) is 0.373. The van der Waals surface area contributed by atoms with Crippen molar-refractivity contribution in [2.75, 3.05) is 5.32 Å². The maximum absolute atomic E-state index is 13.4. The van der Waals surface area contributed by atoms with E-state index < -0.39 is 48.9 Å². The Morgan fingerprint density at radius 1 is 1.24 bits per heavy atom. The predicted molar refractivity (Wildman–Crippen MR) is 98.2 cm³/mol. The summed E-state index contributed by atoms with van der Waals surface area (Å²) in [5.74, 6) is -3.48. The van der Waals surface area contributed by atoms with Crippen LogP contribution in [0.1, 0.15) is 17.4 Å². The van der Waals surface area contributed by atoms with Crippen LogP contribution in [0.5, 0.6) is 0 Å². The predicted octanol–water partition coefficient (Wildman–Crippen LogP) is 4.09. The van der Waals surface area contributed by atoms with E-state index in [1.54, 1.807) is 4.13 Å². The first kappa shape index (κ1) is 23.4. The number of aryl methyl sites for hydroxylation is 1. The van der Waals surface area contributed by atoms with E-state index in [0.29, 0.717) is 6.07 Å². The molecule has 1 aromatic heterocycles. The Hall–Kier alpha value is -1.83. The second kappa shape index (κ2) is 8.50. The fourth-order valence-electron chi connectivity index (χ4n) is 1.98. The highest BCUT2D eigenvalue weighted by Crippen LogP contribution is 2.29. The van der Waals surface area contributed by atoms with Gasteiger partial charge in [0.1, 0.15) is 15.8 Å². The SMILES string of the molecule is CC(SNS(=O)(=O)c1cc(C(=O)Nc2cc(F)c(F)c(Cl)c2)n(C)c1)C(F)(F)F. The molecule has 2 N–H and O–H groups in total. The molecule has 0 aliphatic rings. The molecule has 1 aromatic carbocycles. The van der Waals surface area contributed by atoms with Gasteiger partial charge in [0.15, 0.2) is 11.6 Å². The number of aromatic nitrogens is 1. The van der Waals surface area contributed by atoms with Crippen LogP contribution in [0.4, 0.5) is 27.6 Å². The zero-order chi connectivity index (χ0) is 22.1. The minimum Gasteiger partial charge on any atom is -0.345 e. The summed E-state index contributed by atoms with van der Waals surface area (Å²) in [4.78, 5) is 11.9. The van der Waals surface area contributed by atoms with Crippen molar-refractivity contribution in [1.82, 2.24) is 8.69 Å². The van der Waals surface area contributed by atoms with Crippen LogP contribution < -0.4 is 9.44 Å². The smallest absolute Gasteiger partial charge is 0.345 e. The van der Waals surface area contributed by atoms with Crippen LogP contribution in [0.3, 0.4) is 0 Å². The topological polar surface area (TPSA) is 80.2 Å². The molecule has 0 aliphatic heterocycles. The lowest BCUT2D eigenvalue weighted by molar-refractivity contribution is -0.125. The van der Waals surface area contributed by atoms with E-state index in [-0.39, 0.29) is 23.3 Å². The molecule has 2 rings (SSSR count). The summed E-state index contributed by atoms with van der Waals surface area (Å²) in [6.07, 6.45) is -3.60. The molecular weight excluding hydrogens is 465 g/mol. The Bertz CT molecular complexity index is 1020. The van der Waals surface area contributed by atoms with Gasteiger partial charge in [0.2, 0.25) is 0 Å². The van der Waals surface area contributed by atoms with Crippen molar-refractivity contribution in [2.45, 2.75) is 23.2 Å². The number of hydrogen-bond donors (Lipinski definition) is 2. The highest BCUT2D eigenvalue weighted by Gasteiger charge is 2.37. The second-order valence-electron chi connectivity index (χ2n) is 5.77. The van der Waals surface area contributed by atoms with Crippen molar-refractivity contribution >= 4 is 45.2 Å². The van der Waals surface area contributed by atoms with Crippen molar-refractivity contribution in [3.8, 4) is 0 Å². The third-order valence-corrected chi connectivity index (χ3v) is 6.56. The van der Waals surface area contributed by atoms with E-state index in [2.05, 4.69) is 5.32 Å². The summed E-state index contributed by atoms with van der Waals surface area (Å²) in [6, 6.07) is 2.55. The first-order valence-corrected chi connectivity index (χ1v) is 10.3. The number of amides is 1. The standard InChI is InChI=1S/C15H13ClF5N3O3S2/c1-7(15(19,20)21)28-23-29(26,27)9-5-12(24(2)6-9)14(25)22-8-3-10(16)13(18)11(17)4-8/h3-7,23H,1-2H3,(H,22,25). The highest BCUT2D eigenvalue weighted by molar-refractivity contribution is 8.09. The molecular formula is C15H13ClF5N3O3S2. The monoisotopic (exact) mass is 477 g/mol. The summed E-state index contributed by atoms with van der Waals surface area (Å²) in [5, 5.41) is -0.349. The Kier molecular flexibility index (Phi) is 6.87. The van der Waals surface area contributed by atoms with Crippen LogP contribution in [0.25, 0.3) is 0 Å². The maximum atomic E-state index is 13.4.